The molecule has 1 aromatic carbocycles. The van der Waals surface area contributed by atoms with Gasteiger partial charge in [-0.3, -0.25) is 4.79 Å². The molecule has 4 nitrogen and oxygen atoms in total. The first-order valence-corrected chi connectivity index (χ1v) is 10.8. The Hall–Kier alpha value is -1.27. The lowest BCUT2D eigenvalue weighted by Crippen LogP contribution is -2.45. The molecular formula is C20H32FN3OS. The van der Waals surface area contributed by atoms with Crippen LogP contribution in [0.5, 0.6) is 0 Å². The van der Waals surface area contributed by atoms with Crippen molar-refractivity contribution in [2.75, 3.05) is 49.6 Å². The Balaban J connectivity index is 1.95. The first kappa shape index (κ1) is 21.0. The summed E-state index contributed by atoms with van der Waals surface area (Å²) in [6.45, 7) is 7.94. The number of rotatable bonds is 9. The van der Waals surface area contributed by atoms with Gasteiger partial charge in [0.1, 0.15) is 5.82 Å². The maximum absolute atomic E-state index is 13.9. The molecule has 0 saturated carbocycles. The standard InChI is InChI=1S/C20H32FN3OS/c1-4-5-13-26-14-8-20(25)22-16(2)18-15-17(21)6-7-19(18)24-11-9-23(3)10-12-24/h6-7,15-16H,4-5,8-14H2,1-3H3,(H,22,25). The van der Waals surface area contributed by atoms with Gasteiger partial charge in [-0.2, -0.15) is 11.8 Å². The van der Waals surface area contributed by atoms with Gasteiger partial charge in [-0.25, -0.2) is 4.39 Å². The number of hydrogen-bond acceptors (Lipinski definition) is 4. The molecule has 0 aliphatic carbocycles. The van der Waals surface area contributed by atoms with Gasteiger partial charge in [-0.15, -0.1) is 0 Å². The summed E-state index contributed by atoms with van der Waals surface area (Å²) in [6.07, 6.45) is 2.89. The summed E-state index contributed by atoms with van der Waals surface area (Å²) < 4.78 is 13.9. The molecule has 1 aromatic rings. The molecule has 1 amide bonds. The minimum atomic E-state index is -0.255. The van der Waals surface area contributed by atoms with Crippen molar-refractivity contribution in [1.29, 1.82) is 0 Å². The van der Waals surface area contributed by atoms with Gasteiger partial charge in [0.2, 0.25) is 5.91 Å². The molecule has 0 aromatic heterocycles. The van der Waals surface area contributed by atoms with Gasteiger partial charge in [0.25, 0.3) is 0 Å². The van der Waals surface area contributed by atoms with Crippen LogP contribution in [0.3, 0.4) is 0 Å². The summed E-state index contributed by atoms with van der Waals surface area (Å²) in [7, 11) is 2.12. The van der Waals surface area contributed by atoms with Crippen LogP contribution in [0, 0.1) is 5.82 Å². The highest BCUT2D eigenvalue weighted by atomic mass is 32.2. The van der Waals surface area contributed by atoms with E-state index in [0.717, 1.165) is 48.9 Å². The predicted octanol–water partition coefficient (Wildman–Crippen LogP) is 3.68. The third-order valence-corrected chi connectivity index (χ3v) is 5.86. The van der Waals surface area contributed by atoms with E-state index in [1.54, 1.807) is 6.07 Å². The van der Waals surface area contributed by atoms with E-state index in [2.05, 4.69) is 29.1 Å². The number of benzene rings is 1. The highest BCUT2D eigenvalue weighted by Gasteiger charge is 2.21. The van der Waals surface area contributed by atoms with Gasteiger partial charge in [-0.1, -0.05) is 13.3 Å². The molecule has 1 heterocycles. The fraction of sp³-hybridized carbons (Fsp3) is 0.650. The van der Waals surface area contributed by atoms with Gasteiger partial charge in [0.15, 0.2) is 0 Å². The Bertz CT molecular complexity index is 576. The van der Waals surface area contributed by atoms with E-state index in [-0.39, 0.29) is 17.8 Å². The molecular weight excluding hydrogens is 349 g/mol. The smallest absolute Gasteiger partial charge is 0.221 e. The topological polar surface area (TPSA) is 35.6 Å². The van der Waals surface area contributed by atoms with Crippen LogP contribution in [-0.2, 0) is 4.79 Å². The molecule has 26 heavy (non-hydrogen) atoms. The average molecular weight is 382 g/mol. The van der Waals surface area contributed by atoms with Crippen molar-refractivity contribution in [2.45, 2.75) is 39.2 Å². The Morgan fingerprint density at radius 2 is 2.00 bits per heavy atom. The lowest BCUT2D eigenvalue weighted by molar-refractivity contribution is -0.121. The molecule has 1 unspecified atom stereocenters. The summed E-state index contributed by atoms with van der Waals surface area (Å²) in [5.41, 5.74) is 1.89. The second kappa shape index (κ2) is 10.8. The van der Waals surface area contributed by atoms with Crippen LogP contribution in [-0.4, -0.2) is 55.5 Å². The van der Waals surface area contributed by atoms with Crippen LogP contribution in [0.4, 0.5) is 10.1 Å². The van der Waals surface area contributed by atoms with Gasteiger partial charge < -0.3 is 15.1 Å². The summed E-state index contributed by atoms with van der Waals surface area (Å²) in [6, 6.07) is 4.72. The fourth-order valence-electron chi connectivity index (χ4n) is 3.11. The van der Waals surface area contributed by atoms with Crippen LogP contribution >= 0.6 is 11.8 Å². The number of hydrogen-bond donors (Lipinski definition) is 1. The van der Waals surface area contributed by atoms with Gasteiger partial charge in [0.05, 0.1) is 6.04 Å². The third-order valence-electron chi connectivity index (χ3n) is 4.79. The van der Waals surface area contributed by atoms with E-state index in [1.165, 1.54) is 18.9 Å². The van der Waals surface area contributed by atoms with Gasteiger partial charge in [0, 0.05) is 49.6 Å². The molecule has 1 aliphatic heterocycles. The second-order valence-corrected chi connectivity index (χ2v) is 8.22. The van der Waals surface area contributed by atoms with Gasteiger partial charge in [-0.05, 0) is 44.3 Å². The Kier molecular flexibility index (Phi) is 8.72. The van der Waals surface area contributed by atoms with Crippen molar-refractivity contribution >= 4 is 23.4 Å². The molecule has 0 radical (unpaired) electrons. The number of nitrogens with one attached hydrogen (secondary N) is 1. The molecule has 1 atom stereocenters. The quantitative estimate of drug-likeness (QED) is 0.662. The van der Waals surface area contributed by atoms with E-state index < -0.39 is 0 Å². The van der Waals surface area contributed by atoms with Crippen molar-refractivity contribution in [2.24, 2.45) is 0 Å². The first-order chi connectivity index (χ1) is 12.5. The predicted molar refractivity (Wildman–Crippen MR) is 110 cm³/mol. The third kappa shape index (κ3) is 6.47. The molecule has 1 fully saturated rings. The van der Waals surface area contributed by atoms with E-state index >= 15 is 0 Å². The van der Waals surface area contributed by atoms with Crippen LogP contribution in [0.2, 0.25) is 0 Å². The lowest BCUT2D eigenvalue weighted by atomic mass is 10.0. The monoisotopic (exact) mass is 381 g/mol. The van der Waals surface area contributed by atoms with Crippen molar-refractivity contribution in [3.63, 3.8) is 0 Å². The molecule has 0 spiro atoms. The molecule has 146 valence electrons. The van der Waals surface area contributed by atoms with E-state index in [0.29, 0.717) is 6.42 Å². The molecule has 2 rings (SSSR count). The zero-order valence-corrected chi connectivity index (χ0v) is 17.1. The fourth-order valence-corrected chi connectivity index (χ4v) is 4.14. The Morgan fingerprint density at radius 1 is 1.27 bits per heavy atom. The number of halogens is 1. The van der Waals surface area contributed by atoms with Crippen LogP contribution < -0.4 is 10.2 Å². The number of nitrogens with zero attached hydrogens (tertiary/aromatic N) is 2. The molecule has 1 aliphatic rings. The van der Waals surface area contributed by atoms with Crippen molar-refractivity contribution < 1.29 is 9.18 Å². The number of unbranched alkanes of at least 4 members (excludes halogenated alkanes) is 1. The maximum Gasteiger partial charge on any atom is 0.221 e. The summed E-state index contributed by atoms with van der Waals surface area (Å²) in [5.74, 6) is 1.73. The van der Waals surface area contributed by atoms with Crippen LogP contribution in [0.15, 0.2) is 18.2 Å². The normalized spacial score (nSPS) is 16.5. The first-order valence-electron chi connectivity index (χ1n) is 9.61. The van der Waals surface area contributed by atoms with Crippen molar-refractivity contribution in [3.8, 4) is 0 Å². The SMILES string of the molecule is CCCCSCCC(=O)NC(C)c1cc(F)ccc1N1CCN(C)CC1. The van der Waals surface area contributed by atoms with Gasteiger partial charge >= 0.3 is 0 Å². The summed E-state index contributed by atoms with van der Waals surface area (Å²) >= 11 is 1.82. The highest BCUT2D eigenvalue weighted by molar-refractivity contribution is 7.99. The Labute approximate surface area is 161 Å². The van der Waals surface area contributed by atoms with E-state index in [4.69, 9.17) is 0 Å². The zero-order valence-electron chi connectivity index (χ0n) is 16.3. The highest BCUT2D eigenvalue weighted by Crippen LogP contribution is 2.28. The summed E-state index contributed by atoms with van der Waals surface area (Å²) in [5, 5.41) is 3.05. The minimum Gasteiger partial charge on any atom is -0.369 e. The number of piperazine rings is 1. The number of anilines is 1. The average Bonchev–Trinajstić information content (AvgIpc) is 2.62. The van der Waals surface area contributed by atoms with E-state index in [1.807, 2.05) is 24.8 Å². The number of thioether (sulfide) groups is 1. The largest absolute Gasteiger partial charge is 0.369 e. The number of likely N-dealkylation sites (N-methyl/N-ethyl adjacent to an activating group) is 1. The Morgan fingerprint density at radius 3 is 2.69 bits per heavy atom. The minimum absolute atomic E-state index is 0.0371. The number of carbonyl (C=O) groups is 1. The number of carbonyl (C=O) groups excluding carboxylic acids is 1. The lowest BCUT2D eigenvalue weighted by Gasteiger charge is -2.36. The molecule has 1 saturated heterocycles. The second-order valence-electron chi connectivity index (χ2n) is 7.00. The number of amides is 1. The summed E-state index contributed by atoms with van der Waals surface area (Å²) in [4.78, 5) is 16.8. The molecule has 1 N–H and O–H groups in total. The maximum atomic E-state index is 13.9. The van der Waals surface area contributed by atoms with E-state index in [9.17, 15) is 9.18 Å². The van der Waals surface area contributed by atoms with Crippen molar-refractivity contribution in [3.05, 3.63) is 29.6 Å². The van der Waals surface area contributed by atoms with Crippen molar-refractivity contribution in [1.82, 2.24) is 10.2 Å². The molecule has 0 bridgehead atoms. The van der Waals surface area contributed by atoms with Crippen LogP contribution in [0.25, 0.3) is 0 Å². The molecule has 6 heteroatoms. The zero-order chi connectivity index (χ0) is 18.9. The van der Waals surface area contributed by atoms with Crippen LogP contribution in [0.1, 0.15) is 44.7 Å².